The highest BCUT2D eigenvalue weighted by molar-refractivity contribution is 9.10. The maximum absolute atomic E-state index is 9.17. The predicted molar refractivity (Wildman–Crippen MR) is 71.4 cm³/mol. The highest BCUT2D eigenvalue weighted by Gasteiger charge is 2.17. The SMILES string of the molecule is C[C@H](NCC(C)(C)CO)c1cccc(Br)c1. The Bertz CT molecular complexity index is 338. The van der Waals surface area contributed by atoms with Crippen molar-refractivity contribution in [1.82, 2.24) is 5.32 Å². The normalized spacial score (nSPS) is 13.8. The van der Waals surface area contributed by atoms with Crippen LogP contribution < -0.4 is 5.32 Å². The summed E-state index contributed by atoms with van der Waals surface area (Å²) >= 11 is 3.47. The van der Waals surface area contributed by atoms with Crippen molar-refractivity contribution in [2.24, 2.45) is 5.41 Å². The molecular weight excluding hydrogens is 266 g/mol. The molecule has 16 heavy (non-hydrogen) atoms. The van der Waals surface area contributed by atoms with Gasteiger partial charge in [-0.2, -0.15) is 0 Å². The fourth-order valence-electron chi connectivity index (χ4n) is 1.38. The molecule has 1 aromatic rings. The van der Waals surface area contributed by atoms with Gasteiger partial charge in [0.25, 0.3) is 0 Å². The molecule has 0 saturated carbocycles. The molecular formula is C13H20BrNO. The monoisotopic (exact) mass is 285 g/mol. The van der Waals surface area contributed by atoms with Gasteiger partial charge in [0.05, 0.1) is 0 Å². The second-order valence-electron chi connectivity index (χ2n) is 4.98. The van der Waals surface area contributed by atoms with E-state index in [9.17, 15) is 5.11 Å². The molecule has 0 radical (unpaired) electrons. The van der Waals surface area contributed by atoms with Crippen LogP contribution in [0.1, 0.15) is 32.4 Å². The van der Waals surface area contributed by atoms with Crippen molar-refractivity contribution < 1.29 is 5.11 Å². The number of nitrogens with one attached hydrogen (secondary N) is 1. The molecule has 0 fully saturated rings. The maximum Gasteiger partial charge on any atom is 0.0494 e. The van der Waals surface area contributed by atoms with Gasteiger partial charge in [0.1, 0.15) is 0 Å². The first-order valence-corrected chi connectivity index (χ1v) is 6.33. The second-order valence-corrected chi connectivity index (χ2v) is 5.90. The van der Waals surface area contributed by atoms with Crippen LogP contribution in [0, 0.1) is 5.41 Å². The summed E-state index contributed by atoms with van der Waals surface area (Å²) in [5.41, 5.74) is 1.18. The average molecular weight is 286 g/mol. The van der Waals surface area contributed by atoms with Gasteiger partial charge in [-0.1, -0.05) is 41.9 Å². The van der Waals surface area contributed by atoms with E-state index in [1.807, 2.05) is 26.0 Å². The molecule has 0 unspecified atom stereocenters. The van der Waals surface area contributed by atoms with E-state index in [0.717, 1.165) is 11.0 Å². The molecule has 1 atom stereocenters. The van der Waals surface area contributed by atoms with Gasteiger partial charge in [0.15, 0.2) is 0 Å². The summed E-state index contributed by atoms with van der Waals surface area (Å²) in [6.45, 7) is 7.23. The molecule has 0 bridgehead atoms. The van der Waals surface area contributed by atoms with E-state index in [4.69, 9.17) is 0 Å². The Morgan fingerprint density at radius 3 is 2.69 bits per heavy atom. The fraction of sp³-hybridized carbons (Fsp3) is 0.538. The molecule has 0 aliphatic heterocycles. The van der Waals surface area contributed by atoms with E-state index in [0.29, 0.717) is 6.04 Å². The highest BCUT2D eigenvalue weighted by atomic mass is 79.9. The van der Waals surface area contributed by atoms with Crippen molar-refractivity contribution in [3.05, 3.63) is 34.3 Å². The highest BCUT2D eigenvalue weighted by Crippen LogP contribution is 2.19. The molecule has 0 heterocycles. The second kappa shape index (κ2) is 5.80. The lowest BCUT2D eigenvalue weighted by atomic mass is 9.94. The first kappa shape index (κ1) is 13.7. The Labute approximate surface area is 106 Å². The summed E-state index contributed by atoms with van der Waals surface area (Å²) in [5.74, 6) is 0. The number of benzene rings is 1. The lowest BCUT2D eigenvalue weighted by Gasteiger charge is -2.25. The minimum atomic E-state index is -0.0692. The van der Waals surface area contributed by atoms with Crippen molar-refractivity contribution in [2.75, 3.05) is 13.2 Å². The van der Waals surface area contributed by atoms with Gasteiger partial charge in [-0.05, 0) is 24.6 Å². The Kier molecular flexibility index (Phi) is 4.96. The largest absolute Gasteiger partial charge is 0.396 e. The van der Waals surface area contributed by atoms with Gasteiger partial charge in [-0.3, -0.25) is 0 Å². The molecule has 0 aliphatic carbocycles. The van der Waals surface area contributed by atoms with Crippen LogP contribution in [0.4, 0.5) is 0 Å². The number of aliphatic hydroxyl groups is 1. The van der Waals surface area contributed by atoms with Gasteiger partial charge >= 0.3 is 0 Å². The van der Waals surface area contributed by atoms with E-state index in [-0.39, 0.29) is 12.0 Å². The van der Waals surface area contributed by atoms with Gasteiger partial charge < -0.3 is 10.4 Å². The van der Waals surface area contributed by atoms with Crippen molar-refractivity contribution in [2.45, 2.75) is 26.8 Å². The van der Waals surface area contributed by atoms with Crippen LogP contribution in [-0.2, 0) is 0 Å². The fourth-order valence-corrected chi connectivity index (χ4v) is 1.80. The predicted octanol–water partition coefficient (Wildman–Crippen LogP) is 3.12. The van der Waals surface area contributed by atoms with Gasteiger partial charge in [0.2, 0.25) is 0 Å². The lowest BCUT2D eigenvalue weighted by molar-refractivity contribution is 0.154. The van der Waals surface area contributed by atoms with E-state index in [1.165, 1.54) is 5.56 Å². The van der Waals surface area contributed by atoms with Crippen molar-refractivity contribution >= 4 is 15.9 Å². The molecule has 90 valence electrons. The van der Waals surface area contributed by atoms with E-state index < -0.39 is 0 Å². The topological polar surface area (TPSA) is 32.3 Å². The number of hydrogen-bond acceptors (Lipinski definition) is 2. The zero-order chi connectivity index (χ0) is 12.2. The van der Waals surface area contributed by atoms with Crippen LogP contribution in [0.25, 0.3) is 0 Å². The summed E-state index contributed by atoms with van der Waals surface area (Å²) in [5, 5.41) is 12.6. The number of rotatable bonds is 5. The quantitative estimate of drug-likeness (QED) is 0.871. The van der Waals surface area contributed by atoms with Crippen LogP contribution in [0.3, 0.4) is 0 Å². The molecule has 1 rings (SSSR count). The molecule has 0 aliphatic rings. The first-order chi connectivity index (χ1) is 7.44. The molecule has 3 heteroatoms. The summed E-state index contributed by atoms with van der Waals surface area (Å²) in [4.78, 5) is 0. The van der Waals surface area contributed by atoms with Gasteiger partial charge in [0, 0.05) is 29.1 Å². The number of hydrogen-bond donors (Lipinski definition) is 2. The van der Waals surface area contributed by atoms with Crippen LogP contribution in [-0.4, -0.2) is 18.3 Å². The van der Waals surface area contributed by atoms with E-state index >= 15 is 0 Å². The minimum absolute atomic E-state index is 0.0692. The zero-order valence-corrected chi connectivity index (χ0v) is 11.7. The zero-order valence-electron chi connectivity index (χ0n) is 10.1. The summed E-state index contributed by atoms with van der Waals surface area (Å²) in [6.07, 6.45) is 0. The Morgan fingerprint density at radius 2 is 2.12 bits per heavy atom. The Balaban J connectivity index is 2.56. The average Bonchev–Trinajstić information content (AvgIpc) is 2.26. The molecule has 0 aromatic heterocycles. The Morgan fingerprint density at radius 1 is 1.44 bits per heavy atom. The number of aliphatic hydroxyl groups excluding tert-OH is 1. The number of halogens is 1. The molecule has 0 spiro atoms. The summed E-state index contributed by atoms with van der Waals surface area (Å²) in [7, 11) is 0. The van der Waals surface area contributed by atoms with Crippen molar-refractivity contribution in [3.63, 3.8) is 0 Å². The smallest absolute Gasteiger partial charge is 0.0494 e. The minimum Gasteiger partial charge on any atom is -0.396 e. The molecule has 0 amide bonds. The Hall–Kier alpha value is -0.380. The lowest BCUT2D eigenvalue weighted by Crippen LogP contribution is -2.33. The van der Waals surface area contributed by atoms with Crippen molar-refractivity contribution in [1.29, 1.82) is 0 Å². The third-order valence-corrected chi connectivity index (χ3v) is 3.16. The van der Waals surface area contributed by atoms with E-state index in [2.05, 4.69) is 40.3 Å². The molecule has 2 nitrogen and oxygen atoms in total. The van der Waals surface area contributed by atoms with Gasteiger partial charge in [-0.25, -0.2) is 0 Å². The molecule has 2 N–H and O–H groups in total. The standard InChI is InChI=1S/C13H20BrNO/c1-10(15-8-13(2,3)9-16)11-5-4-6-12(14)7-11/h4-7,10,15-16H,8-9H2,1-3H3/t10-/m0/s1. The summed E-state index contributed by atoms with van der Waals surface area (Å²) in [6, 6.07) is 8.57. The van der Waals surface area contributed by atoms with Crippen LogP contribution in [0.2, 0.25) is 0 Å². The maximum atomic E-state index is 9.17. The van der Waals surface area contributed by atoms with E-state index in [1.54, 1.807) is 0 Å². The third kappa shape index (κ3) is 4.24. The van der Waals surface area contributed by atoms with Crippen LogP contribution in [0.15, 0.2) is 28.7 Å². The molecule has 1 aromatic carbocycles. The van der Waals surface area contributed by atoms with Gasteiger partial charge in [-0.15, -0.1) is 0 Å². The van der Waals surface area contributed by atoms with Crippen LogP contribution in [0.5, 0.6) is 0 Å². The summed E-state index contributed by atoms with van der Waals surface area (Å²) < 4.78 is 1.10. The van der Waals surface area contributed by atoms with Crippen LogP contribution >= 0.6 is 15.9 Å². The first-order valence-electron chi connectivity index (χ1n) is 5.54. The van der Waals surface area contributed by atoms with Crippen molar-refractivity contribution in [3.8, 4) is 0 Å². The third-order valence-electron chi connectivity index (χ3n) is 2.66. The molecule has 0 saturated heterocycles.